The number of aromatic hydroxyl groups is 1. The molecule has 124 valence electrons. The van der Waals surface area contributed by atoms with E-state index in [1.54, 1.807) is 24.3 Å². The maximum absolute atomic E-state index is 12.5. The number of hydrogen-bond donors (Lipinski definition) is 3. The number of amides is 1. The number of pyridine rings is 1. The smallest absolute Gasteiger partial charge is 0.266 e. The maximum Gasteiger partial charge on any atom is 0.266 e. The molecule has 0 aliphatic heterocycles. The van der Waals surface area contributed by atoms with Gasteiger partial charge in [0, 0.05) is 5.39 Å². The van der Waals surface area contributed by atoms with Crippen molar-refractivity contribution in [3.05, 3.63) is 63.9 Å². The van der Waals surface area contributed by atoms with Crippen LogP contribution in [0.5, 0.6) is 5.75 Å². The van der Waals surface area contributed by atoms with Gasteiger partial charge in [0.1, 0.15) is 11.3 Å². The third-order valence-corrected chi connectivity index (χ3v) is 4.82. The van der Waals surface area contributed by atoms with Crippen molar-refractivity contribution in [2.24, 2.45) is 0 Å². The van der Waals surface area contributed by atoms with Crippen LogP contribution in [-0.2, 0) is 0 Å². The molecule has 6 nitrogen and oxygen atoms in total. The summed E-state index contributed by atoms with van der Waals surface area (Å²) in [7, 11) is 0. The predicted molar refractivity (Wildman–Crippen MR) is 98.5 cm³/mol. The number of nitrogens with zero attached hydrogens (tertiary/aromatic N) is 1. The predicted octanol–water partition coefficient (Wildman–Crippen LogP) is 3.40. The van der Waals surface area contributed by atoms with Gasteiger partial charge in [0.15, 0.2) is 5.13 Å². The Kier molecular flexibility index (Phi) is 3.51. The quantitative estimate of drug-likeness (QED) is 0.516. The van der Waals surface area contributed by atoms with Gasteiger partial charge in [-0.3, -0.25) is 14.9 Å². The van der Waals surface area contributed by atoms with Gasteiger partial charge in [0.25, 0.3) is 11.5 Å². The summed E-state index contributed by atoms with van der Waals surface area (Å²) in [5, 5.41) is 13.7. The van der Waals surface area contributed by atoms with Crippen molar-refractivity contribution >= 4 is 43.5 Å². The van der Waals surface area contributed by atoms with E-state index >= 15 is 0 Å². The highest BCUT2D eigenvalue weighted by molar-refractivity contribution is 7.22. The fourth-order valence-corrected chi connectivity index (χ4v) is 3.64. The molecule has 7 heteroatoms. The van der Waals surface area contributed by atoms with Gasteiger partial charge in [-0.05, 0) is 36.8 Å². The number of para-hydroxylation sites is 1. The number of nitrogens with one attached hydrogen (secondary N) is 2. The number of H-pyrrole nitrogens is 1. The minimum absolute atomic E-state index is 0.325. The van der Waals surface area contributed by atoms with Gasteiger partial charge >= 0.3 is 0 Å². The Morgan fingerprint density at radius 1 is 1.24 bits per heavy atom. The molecule has 0 fully saturated rings. The molecule has 0 radical (unpaired) electrons. The molecule has 2 aromatic heterocycles. The third kappa shape index (κ3) is 2.64. The van der Waals surface area contributed by atoms with E-state index in [0.717, 1.165) is 15.8 Å². The molecule has 3 N–H and O–H groups in total. The van der Waals surface area contributed by atoms with Crippen molar-refractivity contribution in [3.8, 4) is 5.75 Å². The van der Waals surface area contributed by atoms with Crippen LogP contribution < -0.4 is 10.9 Å². The molecule has 0 spiro atoms. The van der Waals surface area contributed by atoms with Crippen molar-refractivity contribution in [1.29, 1.82) is 0 Å². The summed E-state index contributed by atoms with van der Waals surface area (Å²) in [6, 6.07) is 12.5. The molecular formula is C18H13N3O3S. The largest absolute Gasteiger partial charge is 0.506 e. The summed E-state index contributed by atoms with van der Waals surface area (Å²) >= 11 is 1.31. The van der Waals surface area contributed by atoms with E-state index in [1.807, 2.05) is 25.1 Å². The zero-order chi connectivity index (χ0) is 17.6. The number of thiazole rings is 1. The first kappa shape index (κ1) is 15.3. The summed E-state index contributed by atoms with van der Waals surface area (Å²) < 4.78 is 0.937. The number of fused-ring (bicyclic) bond motifs is 2. The minimum atomic E-state index is -0.694. The lowest BCUT2D eigenvalue weighted by Crippen LogP contribution is -2.23. The van der Waals surface area contributed by atoms with Gasteiger partial charge in [-0.25, -0.2) is 4.98 Å². The van der Waals surface area contributed by atoms with E-state index < -0.39 is 11.5 Å². The second-order valence-corrected chi connectivity index (χ2v) is 6.70. The number of aromatic nitrogens is 2. The first-order valence-electron chi connectivity index (χ1n) is 7.55. The molecule has 2 aromatic carbocycles. The molecule has 0 bridgehead atoms. The summed E-state index contributed by atoms with van der Waals surface area (Å²) in [5.41, 5.74) is 1.36. The molecule has 0 unspecified atom stereocenters. The van der Waals surface area contributed by atoms with Crippen molar-refractivity contribution in [3.63, 3.8) is 0 Å². The number of aromatic amines is 1. The number of anilines is 1. The number of benzene rings is 2. The van der Waals surface area contributed by atoms with Crippen LogP contribution in [0.1, 0.15) is 15.9 Å². The van der Waals surface area contributed by atoms with Crippen LogP contribution in [0, 0.1) is 6.92 Å². The zero-order valence-electron chi connectivity index (χ0n) is 13.2. The number of aryl methyl sites for hydroxylation is 1. The van der Waals surface area contributed by atoms with E-state index in [-0.39, 0.29) is 11.3 Å². The van der Waals surface area contributed by atoms with Gasteiger partial charge < -0.3 is 10.1 Å². The monoisotopic (exact) mass is 351 g/mol. The number of rotatable bonds is 2. The van der Waals surface area contributed by atoms with E-state index in [2.05, 4.69) is 15.3 Å². The number of carbonyl (C=O) groups is 1. The van der Waals surface area contributed by atoms with Crippen LogP contribution in [0.4, 0.5) is 5.13 Å². The average molecular weight is 351 g/mol. The SMILES string of the molecule is Cc1ccc2nc(NC(=O)c3c(O)c4ccccc4[nH]c3=O)sc2c1. The molecule has 2 heterocycles. The maximum atomic E-state index is 12.5. The second kappa shape index (κ2) is 5.71. The molecule has 4 rings (SSSR count). The fourth-order valence-electron chi connectivity index (χ4n) is 2.68. The Balaban J connectivity index is 1.75. The molecule has 0 aliphatic carbocycles. The van der Waals surface area contributed by atoms with Gasteiger partial charge in [0.05, 0.1) is 15.7 Å². The first-order chi connectivity index (χ1) is 12.0. The second-order valence-electron chi connectivity index (χ2n) is 5.67. The minimum Gasteiger partial charge on any atom is -0.506 e. The summed E-state index contributed by atoms with van der Waals surface area (Å²) in [4.78, 5) is 31.7. The standard InChI is InChI=1S/C18H13N3O3S/c1-9-6-7-12-13(8-9)25-18(20-12)21-17(24)14-15(22)10-4-2-3-5-11(10)19-16(14)23/h2-8H,1H3,(H2,19,22,23)(H,20,21,24). The van der Waals surface area contributed by atoms with Crippen LogP contribution >= 0.6 is 11.3 Å². The van der Waals surface area contributed by atoms with E-state index in [1.165, 1.54) is 11.3 Å². The third-order valence-electron chi connectivity index (χ3n) is 3.89. The first-order valence-corrected chi connectivity index (χ1v) is 8.37. The normalized spacial score (nSPS) is 11.1. The molecular weight excluding hydrogens is 338 g/mol. The lowest BCUT2D eigenvalue weighted by atomic mass is 10.1. The van der Waals surface area contributed by atoms with Crippen molar-refractivity contribution < 1.29 is 9.90 Å². The molecule has 0 aliphatic rings. The van der Waals surface area contributed by atoms with Crippen LogP contribution in [0.15, 0.2) is 47.3 Å². The van der Waals surface area contributed by atoms with Crippen molar-refractivity contribution in [1.82, 2.24) is 9.97 Å². The van der Waals surface area contributed by atoms with Crippen molar-refractivity contribution in [2.45, 2.75) is 6.92 Å². The van der Waals surface area contributed by atoms with Gasteiger partial charge in [-0.2, -0.15) is 0 Å². The van der Waals surface area contributed by atoms with Crippen molar-refractivity contribution in [2.75, 3.05) is 5.32 Å². The molecule has 0 saturated carbocycles. The Morgan fingerprint density at radius 3 is 2.88 bits per heavy atom. The van der Waals surface area contributed by atoms with Gasteiger partial charge in [-0.1, -0.05) is 29.5 Å². The van der Waals surface area contributed by atoms with Crippen LogP contribution in [0.2, 0.25) is 0 Å². The van der Waals surface area contributed by atoms with E-state index in [4.69, 9.17) is 0 Å². The van der Waals surface area contributed by atoms with E-state index in [9.17, 15) is 14.7 Å². The Bertz CT molecular complexity index is 1190. The summed E-state index contributed by atoms with van der Waals surface area (Å²) in [6.45, 7) is 1.98. The summed E-state index contributed by atoms with van der Waals surface area (Å²) in [6.07, 6.45) is 0. The summed E-state index contributed by atoms with van der Waals surface area (Å²) in [5.74, 6) is -1.03. The Labute approximate surface area is 145 Å². The molecule has 0 atom stereocenters. The topological polar surface area (TPSA) is 95.1 Å². The van der Waals surface area contributed by atoms with E-state index in [0.29, 0.717) is 16.0 Å². The Morgan fingerprint density at radius 2 is 2.04 bits per heavy atom. The molecule has 25 heavy (non-hydrogen) atoms. The molecule has 0 saturated heterocycles. The number of carbonyl (C=O) groups excluding carboxylic acids is 1. The fraction of sp³-hybridized carbons (Fsp3) is 0.0556. The highest BCUT2D eigenvalue weighted by atomic mass is 32.1. The number of hydrogen-bond acceptors (Lipinski definition) is 5. The lowest BCUT2D eigenvalue weighted by molar-refractivity contribution is 0.102. The van der Waals surface area contributed by atoms with Gasteiger partial charge in [-0.15, -0.1) is 0 Å². The lowest BCUT2D eigenvalue weighted by Gasteiger charge is -2.06. The van der Waals surface area contributed by atoms with Crippen LogP contribution in [0.3, 0.4) is 0 Å². The van der Waals surface area contributed by atoms with Crippen LogP contribution in [0.25, 0.3) is 21.1 Å². The average Bonchev–Trinajstić information content (AvgIpc) is 2.96. The Hall–Kier alpha value is -3.19. The molecule has 1 amide bonds. The highest BCUT2D eigenvalue weighted by Gasteiger charge is 2.20. The zero-order valence-corrected chi connectivity index (χ0v) is 14.0. The molecule has 4 aromatic rings. The van der Waals surface area contributed by atoms with Gasteiger partial charge in [0.2, 0.25) is 0 Å². The van der Waals surface area contributed by atoms with Crippen LogP contribution in [-0.4, -0.2) is 21.0 Å². The highest BCUT2D eigenvalue weighted by Crippen LogP contribution is 2.28.